The molecule has 3 aromatic heterocycles. The fraction of sp³-hybridized carbons (Fsp3) is 0.211. The van der Waals surface area contributed by atoms with Crippen LogP contribution >= 0.6 is 0 Å². The maximum Gasteiger partial charge on any atom is 0.271 e. The summed E-state index contributed by atoms with van der Waals surface area (Å²) in [5.74, 6) is 0.725. The molecule has 4 heterocycles. The first-order valence-corrected chi connectivity index (χ1v) is 9.14. The average Bonchev–Trinajstić information content (AvgIpc) is 3.15. The first-order valence-electron chi connectivity index (χ1n) is 9.14. The topological polar surface area (TPSA) is 118 Å². The van der Waals surface area contributed by atoms with Gasteiger partial charge in [0.05, 0.1) is 28.8 Å². The van der Waals surface area contributed by atoms with Crippen molar-refractivity contribution >= 4 is 39.6 Å². The number of nitrogens with one attached hydrogen (secondary N) is 3. The Balaban J connectivity index is 1.71. The number of rotatable bonds is 1. The Hall–Kier alpha value is -3.95. The van der Waals surface area contributed by atoms with Crippen LogP contribution in [0.4, 0.5) is 17.2 Å². The molecule has 3 N–H and O–H groups in total. The fourth-order valence-electron chi connectivity index (χ4n) is 3.29. The zero-order chi connectivity index (χ0) is 20.0. The second-order valence-electron chi connectivity index (χ2n) is 6.79. The summed E-state index contributed by atoms with van der Waals surface area (Å²) in [4.78, 5) is 25.7. The SMILES string of the molecule is CNc1cc2nn3c(cnc13)C(=O)N[C@H](C)COc1ncnc3ccc(cc13)N2. The van der Waals surface area contributed by atoms with E-state index in [2.05, 4.69) is 36.0 Å². The first kappa shape index (κ1) is 17.2. The lowest BCUT2D eigenvalue weighted by atomic mass is 10.2. The van der Waals surface area contributed by atoms with Crippen LogP contribution in [0.1, 0.15) is 17.4 Å². The zero-order valence-corrected chi connectivity index (χ0v) is 15.8. The lowest BCUT2D eigenvalue weighted by molar-refractivity contribution is 0.0919. The Bertz CT molecular complexity index is 1250. The van der Waals surface area contributed by atoms with Gasteiger partial charge in [0, 0.05) is 18.8 Å². The predicted molar refractivity (Wildman–Crippen MR) is 108 cm³/mol. The van der Waals surface area contributed by atoms with Crippen molar-refractivity contribution in [2.24, 2.45) is 0 Å². The van der Waals surface area contributed by atoms with E-state index in [0.29, 0.717) is 23.0 Å². The third-order valence-electron chi connectivity index (χ3n) is 4.69. The van der Waals surface area contributed by atoms with Crippen LogP contribution in [0.15, 0.2) is 36.8 Å². The molecule has 29 heavy (non-hydrogen) atoms. The van der Waals surface area contributed by atoms with Gasteiger partial charge in [0.15, 0.2) is 17.2 Å². The largest absolute Gasteiger partial charge is 0.475 e. The van der Waals surface area contributed by atoms with E-state index in [4.69, 9.17) is 4.74 Å². The van der Waals surface area contributed by atoms with E-state index in [-0.39, 0.29) is 18.6 Å². The highest BCUT2D eigenvalue weighted by Gasteiger charge is 2.19. The van der Waals surface area contributed by atoms with E-state index < -0.39 is 0 Å². The van der Waals surface area contributed by atoms with Crippen molar-refractivity contribution in [3.63, 3.8) is 0 Å². The molecule has 0 radical (unpaired) electrons. The highest BCUT2D eigenvalue weighted by atomic mass is 16.5. The predicted octanol–water partition coefficient (Wildman–Crippen LogP) is 1.97. The molecule has 0 fully saturated rings. The molecule has 4 bridgehead atoms. The third-order valence-corrected chi connectivity index (χ3v) is 4.69. The van der Waals surface area contributed by atoms with E-state index in [9.17, 15) is 4.79 Å². The van der Waals surface area contributed by atoms with Gasteiger partial charge in [-0.1, -0.05) is 0 Å². The number of hydrogen-bond acceptors (Lipinski definition) is 8. The average molecular weight is 390 g/mol. The van der Waals surface area contributed by atoms with Gasteiger partial charge < -0.3 is 20.7 Å². The van der Waals surface area contributed by atoms with Gasteiger partial charge in [0.1, 0.15) is 12.9 Å². The third kappa shape index (κ3) is 2.94. The van der Waals surface area contributed by atoms with Crippen LogP contribution in [-0.2, 0) is 0 Å². The van der Waals surface area contributed by atoms with Crippen molar-refractivity contribution < 1.29 is 9.53 Å². The molecule has 0 saturated carbocycles. The smallest absolute Gasteiger partial charge is 0.271 e. The maximum absolute atomic E-state index is 12.8. The van der Waals surface area contributed by atoms with Gasteiger partial charge in [0.25, 0.3) is 5.91 Å². The van der Waals surface area contributed by atoms with Gasteiger partial charge in [-0.05, 0) is 25.1 Å². The second-order valence-corrected chi connectivity index (χ2v) is 6.79. The number of fused-ring (bicyclic) bond motifs is 2. The molecule has 5 rings (SSSR count). The molecule has 0 aliphatic carbocycles. The summed E-state index contributed by atoms with van der Waals surface area (Å²) in [7, 11) is 1.80. The Kier molecular flexibility index (Phi) is 3.90. The Morgan fingerprint density at radius 2 is 2.14 bits per heavy atom. The maximum atomic E-state index is 12.8. The van der Waals surface area contributed by atoms with E-state index in [1.165, 1.54) is 17.0 Å². The minimum Gasteiger partial charge on any atom is -0.475 e. The number of amides is 1. The quantitative estimate of drug-likeness (QED) is 0.451. The highest BCUT2D eigenvalue weighted by Crippen LogP contribution is 2.28. The van der Waals surface area contributed by atoms with Gasteiger partial charge in [0.2, 0.25) is 5.88 Å². The fourth-order valence-corrected chi connectivity index (χ4v) is 3.29. The number of imidazole rings is 1. The van der Waals surface area contributed by atoms with Crippen molar-refractivity contribution in [3.8, 4) is 5.88 Å². The normalized spacial score (nSPS) is 16.3. The number of hydrogen-bond donors (Lipinski definition) is 3. The van der Waals surface area contributed by atoms with E-state index >= 15 is 0 Å². The van der Waals surface area contributed by atoms with E-state index in [0.717, 1.165) is 22.3 Å². The van der Waals surface area contributed by atoms with Gasteiger partial charge in [-0.25, -0.2) is 19.5 Å². The number of carbonyl (C=O) groups is 1. The molecule has 0 unspecified atom stereocenters. The number of carbonyl (C=O) groups excluding carboxylic acids is 1. The number of aromatic nitrogens is 5. The van der Waals surface area contributed by atoms with Gasteiger partial charge >= 0.3 is 0 Å². The van der Waals surface area contributed by atoms with Gasteiger partial charge in [-0.3, -0.25) is 4.79 Å². The van der Waals surface area contributed by atoms with Crippen molar-refractivity contribution in [2.45, 2.75) is 13.0 Å². The van der Waals surface area contributed by atoms with Crippen LogP contribution in [0.25, 0.3) is 16.6 Å². The number of benzene rings is 1. The van der Waals surface area contributed by atoms with Crippen LogP contribution in [0.2, 0.25) is 0 Å². The summed E-state index contributed by atoms with van der Waals surface area (Å²) in [5.41, 5.74) is 3.20. The molecule has 1 aliphatic rings. The molecule has 146 valence electrons. The van der Waals surface area contributed by atoms with Crippen molar-refractivity contribution in [3.05, 3.63) is 42.5 Å². The molecule has 10 nitrogen and oxygen atoms in total. The molecular formula is C19H18N8O2. The van der Waals surface area contributed by atoms with E-state index in [1.807, 2.05) is 31.2 Å². The lowest BCUT2D eigenvalue weighted by Gasteiger charge is -2.16. The van der Waals surface area contributed by atoms with Crippen molar-refractivity contribution in [2.75, 3.05) is 24.3 Å². The first-order chi connectivity index (χ1) is 14.1. The molecule has 0 spiro atoms. The number of anilines is 3. The number of ether oxygens (including phenoxy) is 1. The number of nitrogens with zero attached hydrogens (tertiary/aromatic N) is 5. The summed E-state index contributed by atoms with van der Waals surface area (Å²) in [6, 6.07) is 7.29. The molecule has 10 heteroatoms. The standard InChI is InChI=1S/C19H18N8O2/c1-10-8-29-19-12-5-11(3-4-13(12)22-9-23-19)25-16-6-14(20-2)17-21-7-15(18(28)24-10)27(17)26-16/h3-7,9-10,20H,8H2,1-2H3,(H,24,28)(H,25,26)/t10-/m1/s1. The summed E-state index contributed by atoms with van der Waals surface area (Å²) >= 11 is 0. The Labute approximate surface area is 165 Å². The van der Waals surface area contributed by atoms with Crippen LogP contribution in [0, 0.1) is 0 Å². The molecule has 1 atom stereocenters. The lowest BCUT2D eigenvalue weighted by Crippen LogP contribution is -2.37. The zero-order valence-electron chi connectivity index (χ0n) is 15.8. The second kappa shape index (κ2) is 6.59. The van der Waals surface area contributed by atoms with Crippen molar-refractivity contribution in [1.82, 2.24) is 29.9 Å². The molecule has 0 saturated heterocycles. The summed E-state index contributed by atoms with van der Waals surface area (Å²) in [6.45, 7) is 2.12. The molecule has 1 aromatic carbocycles. The minimum atomic E-state index is -0.288. The van der Waals surface area contributed by atoms with Crippen LogP contribution in [0.5, 0.6) is 5.88 Å². The Morgan fingerprint density at radius 3 is 3.00 bits per heavy atom. The Morgan fingerprint density at radius 1 is 1.24 bits per heavy atom. The molecular weight excluding hydrogens is 372 g/mol. The van der Waals surface area contributed by atoms with Gasteiger partial charge in [-0.15, -0.1) is 5.10 Å². The highest BCUT2D eigenvalue weighted by molar-refractivity contribution is 5.94. The monoisotopic (exact) mass is 390 g/mol. The molecule has 1 amide bonds. The molecule has 1 aliphatic heterocycles. The molecule has 4 aromatic rings. The van der Waals surface area contributed by atoms with Crippen LogP contribution < -0.4 is 20.7 Å². The van der Waals surface area contributed by atoms with Crippen LogP contribution in [0.3, 0.4) is 0 Å². The van der Waals surface area contributed by atoms with Crippen molar-refractivity contribution in [1.29, 1.82) is 0 Å². The summed E-state index contributed by atoms with van der Waals surface area (Å²) < 4.78 is 7.40. The van der Waals surface area contributed by atoms with E-state index in [1.54, 1.807) is 7.05 Å². The summed E-state index contributed by atoms with van der Waals surface area (Å²) in [5, 5.41) is 14.6. The summed E-state index contributed by atoms with van der Waals surface area (Å²) in [6.07, 6.45) is 2.97. The van der Waals surface area contributed by atoms with Crippen LogP contribution in [-0.4, -0.2) is 50.2 Å². The van der Waals surface area contributed by atoms with Gasteiger partial charge in [-0.2, -0.15) is 0 Å². The minimum absolute atomic E-state index is 0.255.